The van der Waals surface area contributed by atoms with E-state index in [1.165, 1.54) is 49.4 Å². The minimum Gasteiger partial charge on any atom is -1.00 e. The number of hydrogen-bond donors (Lipinski definition) is 0. The summed E-state index contributed by atoms with van der Waals surface area (Å²) >= 11 is 3.64. The van der Waals surface area contributed by atoms with Crippen LogP contribution in [0.1, 0.15) is 34.6 Å². The van der Waals surface area contributed by atoms with E-state index < -0.39 is 0 Å². The Morgan fingerprint density at radius 2 is 1.45 bits per heavy atom. The van der Waals surface area contributed by atoms with E-state index in [4.69, 9.17) is 0 Å². The Morgan fingerprint density at radius 3 is 2.03 bits per heavy atom. The molecular formula is C29H27BrCl2Zr. The summed E-state index contributed by atoms with van der Waals surface area (Å²) in [6.45, 7) is 10.9. The van der Waals surface area contributed by atoms with Crippen LogP contribution in [0.4, 0.5) is 0 Å². The molecule has 0 saturated heterocycles. The Kier molecular flexibility index (Phi) is 11.0. The zero-order chi connectivity index (χ0) is 21.5. The first-order chi connectivity index (χ1) is 14.3. The molecule has 5 rings (SSSR count). The largest absolute Gasteiger partial charge is 4.00 e. The Bertz CT molecular complexity index is 1280. The van der Waals surface area contributed by atoms with Crippen LogP contribution in [0.25, 0.3) is 32.7 Å². The van der Waals surface area contributed by atoms with Crippen molar-refractivity contribution in [2.24, 2.45) is 5.41 Å². The van der Waals surface area contributed by atoms with Crippen LogP contribution in [-0.2, 0) is 26.2 Å². The van der Waals surface area contributed by atoms with Crippen LogP contribution in [0.2, 0.25) is 0 Å². The number of rotatable bonds is 1. The second-order valence-corrected chi connectivity index (χ2v) is 9.49. The molecule has 0 unspecified atom stereocenters. The van der Waals surface area contributed by atoms with E-state index in [2.05, 4.69) is 129 Å². The molecule has 0 bridgehead atoms. The van der Waals surface area contributed by atoms with Crippen molar-refractivity contribution in [2.45, 2.75) is 34.6 Å². The molecule has 168 valence electrons. The molecule has 1 aliphatic carbocycles. The summed E-state index contributed by atoms with van der Waals surface area (Å²) < 4.78 is 1.15. The predicted octanol–water partition coefficient (Wildman–Crippen LogP) is 3.26. The Morgan fingerprint density at radius 1 is 0.818 bits per heavy atom. The maximum absolute atomic E-state index is 3.64. The maximum Gasteiger partial charge on any atom is 4.00 e. The van der Waals surface area contributed by atoms with Gasteiger partial charge >= 0.3 is 26.2 Å². The van der Waals surface area contributed by atoms with Crippen molar-refractivity contribution in [3.05, 3.63) is 100 Å². The van der Waals surface area contributed by atoms with Gasteiger partial charge in [0.2, 0.25) is 0 Å². The summed E-state index contributed by atoms with van der Waals surface area (Å²) in [6, 6.07) is 25.9. The molecule has 0 fully saturated rings. The van der Waals surface area contributed by atoms with Crippen LogP contribution in [0.15, 0.2) is 94.0 Å². The predicted molar refractivity (Wildman–Crippen MR) is 135 cm³/mol. The summed E-state index contributed by atoms with van der Waals surface area (Å²) in [4.78, 5) is 0. The topological polar surface area (TPSA) is 0 Å². The molecule has 4 aromatic carbocycles. The van der Waals surface area contributed by atoms with Gasteiger partial charge in [-0.2, -0.15) is 11.1 Å². The Balaban J connectivity index is 0.000000364. The van der Waals surface area contributed by atoms with Crippen LogP contribution in [0, 0.1) is 11.5 Å². The van der Waals surface area contributed by atoms with Gasteiger partial charge in [0.05, 0.1) is 0 Å². The van der Waals surface area contributed by atoms with Crippen molar-refractivity contribution in [2.75, 3.05) is 0 Å². The number of halogens is 3. The zero-order valence-corrected chi connectivity index (χ0v) is 25.1. The molecule has 0 amide bonds. The molecule has 1 aliphatic rings. The summed E-state index contributed by atoms with van der Waals surface area (Å²) in [5.74, 6) is 0. The molecule has 0 heterocycles. The van der Waals surface area contributed by atoms with Crippen molar-refractivity contribution in [1.82, 2.24) is 0 Å². The second-order valence-electron chi connectivity index (χ2n) is 8.64. The van der Waals surface area contributed by atoms with E-state index in [1.807, 2.05) is 0 Å². The fourth-order valence-corrected chi connectivity index (χ4v) is 4.73. The fraction of sp³-hybridized carbons (Fsp3) is 0.207. The van der Waals surface area contributed by atoms with E-state index in [1.54, 1.807) is 0 Å². The molecule has 33 heavy (non-hydrogen) atoms. The van der Waals surface area contributed by atoms with Crippen molar-refractivity contribution in [3.63, 3.8) is 0 Å². The van der Waals surface area contributed by atoms with Gasteiger partial charge in [-0.05, 0) is 16.8 Å². The van der Waals surface area contributed by atoms with E-state index in [0.717, 1.165) is 4.47 Å². The fourth-order valence-electron chi connectivity index (χ4n) is 4.24. The van der Waals surface area contributed by atoms with E-state index >= 15 is 0 Å². The quantitative estimate of drug-likeness (QED) is 0.288. The van der Waals surface area contributed by atoms with Gasteiger partial charge in [-0.25, -0.2) is 5.57 Å². The van der Waals surface area contributed by atoms with Crippen molar-refractivity contribution in [3.8, 4) is 11.1 Å². The molecular weight excluding hydrogens is 590 g/mol. The third-order valence-electron chi connectivity index (χ3n) is 6.36. The number of allylic oxidation sites excluding steroid dienone is 4. The molecule has 0 atom stereocenters. The number of fused-ring (bicyclic) bond motifs is 2. The minimum atomic E-state index is 0. The minimum absolute atomic E-state index is 0. The van der Waals surface area contributed by atoms with Gasteiger partial charge in [-0.3, -0.25) is 6.08 Å². The van der Waals surface area contributed by atoms with Gasteiger partial charge in [-0.15, -0.1) is 41.5 Å². The average molecular weight is 618 g/mol. The smallest absolute Gasteiger partial charge is 1.00 e. The van der Waals surface area contributed by atoms with Crippen molar-refractivity contribution < 1.29 is 51.0 Å². The van der Waals surface area contributed by atoms with Crippen LogP contribution >= 0.6 is 15.9 Å². The third-order valence-corrected chi connectivity index (χ3v) is 7.05. The normalized spacial score (nSPS) is 13.9. The van der Waals surface area contributed by atoms with E-state index in [-0.39, 0.29) is 56.4 Å². The molecule has 0 saturated carbocycles. The second kappa shape index (κ2) is 12.1. The Hall–Kier alpha value is -1.05. The van der Waals surface area contributed by atoms with Crippen LogP contribution in [-0.4, -0.2) is 0 Å². The van der Waals surface area contributed by atoms with Gasteiger partial charge in [0.25, 0.3) is 0 Å². The third kappa shape index (κ3) is 6.15. The van der Waals surface area contributed by atoms with Gasteiger partial charge < -0.3 is 24.8 Å². The SMILES string of the molecule is Brc1cccc2c(-c3cc4ccccc4[cH-]3)cccc12.CC1=[C-]C(C)(C)C(C)=C1C.[Cl-].[Cl-].[Zr+4]. The van der Waals surface area contributed by atoms with Gasteiger partial charge in [0, 0.05) is 4.47 Å². The average Bonchev–Trinajstić information content (AvgIpc) is 3.23. The first-order valence-electron chi connectivity index (χ1n) is 10.4. The van der Waals surface area contributed by atoms with E-state index in [9.17, 15) is 0 Å². The van der Waals surface area contributed by atoms with Gasteiger partial charge in [0.1, 0.15) is 0 Å². The first-order valence-corrected chi connectivity index (χ1v) is 11.2. The summed E-state index contributed by atoms with van der Waals surface area (Å²) in [5.41, 5.74) is 6.97. The van der Waals surface area contributed by atoms with Gasteiger partial charge in [0.15, 0.2) is 0 Å². The maximum atomic E-state index is 3.64. The molecule has 4 heteroatoms. The van der Waals surface area contributed by atoms with Crippen molar-refractivity contribution in [1.29, 1.82) is 0 Å². The number of hydrogen-bond acceptors (Lipinski definition) is 0. The Labute approximate surface area is 238 Å². The molecule has 0 aromatic heterocycles. The monoisotopic (exact) mass is 614 g/mol. The molecule has 4 aromatic rings. The molecule has 0 spiro atoms. The van der Waals surface area contributed by atoms with Gasteiger partial charge in [-0.1, -0.05) is 103 Å². The van der Waals surface area contributed by atoms with Crippen LogP contribution < -0.4 is 24.8 Å². The van der Waals surface area contributed by atoms with Crippen LogP contribution in [0.5, 0.6) is 0 Å². The molecule has 0 nitrogen and oxygen atoms in total. The molecule has 0 radical (unpaired) electrons. The first kappa shape index (κ1) is 30.0. The van der Waals surface area contributed by atoms with E-state index in [0.29, 0.717) is 0 Å². The standard InChI is InChI=1S/C19H12Br.C10H15.2ClH.Zr/c20-19-10-4-8-17-16(7-3-9-18(17)19)15-11-13-5-1-2-6-14(13)12-15;1-7-6-10(4,5)9(3)8(7)2;;;/h1-12H;1-5H3;2*1H;/q2*-1;;;+4/p-2. The van der Waals surface area contributed by atoms with Crippen molar-refractivity contribution >= 4 is 37.5 Å². The summed E-state index contributed by atoms with van der Waals surface area (Å²) in [6.07, 6.45) is 3.44. The molecule has 0 N–H and O–H groups in total. The number of benzene rings is 3. The summed E-state index contributed by atoms with van der Waals surface area (Å²) in [7, 11) is 0. The summed E-state index contributed by atoms with van der Waals surface area (Å²) in [5, 5.41) is 5.15. The van der Waals surface area contributed by atoms with Crippen LogP contribution in [0.3, 0.4) is 0 Å². The zero-order valence-electron chi connectivity index (χ0n) is 19.6. The molecule has 0 aliphatic heterocycles.